The van der Waals surface area contributed by atoms with E-state index in [4.69, 9.17) is 10.5 Å². The standard InChI is InChI=1S/C17H18F3N5O/c18-12-1-2-13(19)15(8-12)24-17(21)23-10-11-7-14(20)16(22-9-11)25-3-5-26-6-4-25/h1-2,7-9H,3-6,10H2,(H3,21,23,24). The van der Waals surface area contributed by atoms with Crippen LogP contribution < -0.4 is 16.0 Å². The van der Waals surface area contributed by atoms with Crippen LogP contribution in [0.1, 0.15) is 5.56 Å². The van der Waals surface area contributed by atoms with E-state index in [0.717, 1.165) is 18.2 Å². The number of morpholine rings is 1. The number of guanidine groups is 1. The van der Waals surface area contributed by atoms with Gasteiger partial charge in [0.15, 0.2) is 17.6 Å². The molecule has 138 valence electrons. The maximum absolute atomic E-state index is 14.3. The molecule has 0 spiro atoms. The summed E-state index contributed by atoms with van der Waals surface area (Å²) in [4.78, 5) is 9.96. The maximum atomic E-state index is 14.3. The Morgan fingerprint density at radius 3 is 2.69 bits per heavy atom. The van der Waals surface area contributed by atoms with Gasteiger partial charge in [0.05, 0.1) is 25.4 Å². The molecule has 6 nitrogen and oxygen atoms in total. The predicted octanol–water partition coefficient (Wildman–Crippen LogP) is 2.26. The van der Waals surface area contributed by atoms with Gasteiger partial charge in [0, 0.05) is 25.4 Å². The molecular weight excluding hydrogens is 347 g/mol. The molecule has 9 heteroatoms. The summed E-state index contributed by atoms with van der Waals surface area (Å²) in [6.45, 7) is 2.27. The van der Waals surface area contributed by atoms with Crippen molar-refractivity contribution in [3.05, 3.63) is 53.5 Å². The molecular formula is C17H18F3N5O. The topological polar surface area (TPSA) is 75.8 Å². The second kappa shape index (κ2) is 8.05. The maximum Gasteiger partial charge on any atom is 0.193 e. The SMILES string of the molecule is NC(=NCc1cnc(N2CCOCC2)c(F)c1)Nc1cc(F)ccc1F. The lowest BCUT2D eigenvalue weighted by Crippen LogP contribution is -2.37. The number of nitrogens with zero attached hydrogens (tertiary/aromatic N) is 3. The highest BCUT2D eigenvalue weighted by Gasteiger charge is 2.16. The number of aliphatic imine (C=N–C) groups is 1. The van der Waals surface area contributed by atoms with Gasteiger partial charge in [-0.1, -0.05) is 0 Å². The average molecular weight is 365 g/mol. The Labute approximate surface area is 148 Å². The molecule has 0 amide bonds. The van der Waals surface area contributed by atoms with Crippen molar-refractivity contribution in [2.45, 2.75) is 6.54 Å². The molecule has 0 unspecified atom stereocenters. The minimum atomic E-state index is -0.660. The Morgan fingerprint density at radius 1 is 1.19 bits per heavy atom. The summed E-state index contributed by atoms with van der Waals surface area (Å²) in [6.07, 6.45) is 1.51. The first-order valence-corrected chi connectivity index (χ1v) is 8.02. The van der Waals surface area contributed by atoms with Crippen molar-refractivity contribution in [1.29, 1.82) is 0 Å². The van der Waals surface area contributed by atoms with Crippen LogP contribution >= 0.6 is 0 Å². The van der Waals surface area contributed by atoms with Crippen molar-refractivity contribution >= 4 is 17.5 Å². The number of rotatable bonds is 4. The molecule has 2 aromatic rings. The number of hydrogen-bond acceptors (Lipinski definition) is 4. The summed E-state index contributed by atoms with van der Waals surface area (Å²) < 4.78 is 46.2. The largest absolute Gasteiger partial charge is 0.378 e. The Kier molecular flexibility index (Phi) is 5.57. The van der Waals surface area contributed by atoms with Gasteiger partial charge in [-0.3, -0.25) is 0 Å². The van der Waals surface area contributed by atoms with Crippen molar-refractivity contribution in [3.8, 4) is 0 Å². The van der Waals surface area contributed by atoms with Crippen LogP contribution in [0, 0.1) is 17.5 Å². The molecule has 0 atom stereocenters. The van der Waals surface area contributed by atoms with Gasteiger partial charge in [0.25, 0.3) is 0 Å². The van der Waals surface area contributed by atoms with Crippen LogP contribution in [0.2, 0.25) is 0 Å². The first-order chi connectivity index (χ1) is 12.5. The van der Waals surface area contributed by atoms with Crippen LogP contribution in [-0.4, -0.2) is 37.2 Å². The molecule has 26 heavy (non-hydrogen) atoms. The van der Waals surface area contributed by atoms with Gasteiger partial charge in [0.1, 0.15) is 11.6 Å². The second-order valence-corrected chi connectivity index (χ2v) is 5.70. The van der Waals surface area contributed by atoms with E-state index >= 15 is 0 Å². The van der Waals surface area contributed by atoms with E-state index in [1.165, 1.54) is 12.3 Å². The van der Waals surface area contributed by atoms with Crippen molar-refractivity contribution < 1.29 is 17.9 Å². The Balaban J connectivity index is 1.65. The molecule has 1 fully saturated rings. The fourth-order valence-corrected chi connectivity index (χ4v) is 2.51. The van der Waals surface area contributed by atoms with E-state index in [2.05, 4.69) is 15.3 Å². The van der Waals surface area contributed by atoms with Gasteiger partial charge in [-0.05, 0) is 23.8 Å². The van der Waals surface area contributed by atoms with E-state index in [1.807, 2.05) is 4.90 Å². The molecule has 1 aliphatic rings. The number of anilines is 2. The molecule has 0 aliphatic carbocycles. The van der Waals surface area contributed by atoms with Crippen molar-refractivity contribution in [2.75, 3.05) is 36.5 Å². The summed E-state index contributed by atoms with van der Waals surface area (Å²) in [7, 11) is 0. The number of benzene rings is 1. The van der Waals surface area contributed by atoms with Gasteiger partial charge >= 0.3 is 0 Å². The smallest absolute Gasteiger partial charge is 0.193 e. The zero-order valence-corrected chi connectivity index (χ0v) is 13.9. The van der Waals surface area contributed by atoms with Gasteiger partial charge < -0.3 is 20.7 Å². The Morgan fingerprint density at radius 2 is 1.96 bits per heavy atom. The predicted molar refractivity (Wildman–Crippen MR) is 92.5 cm³/mol. The molecule has 1 aromatic carbocycles. The molecule has 3 rings (SSSR count). The lowest BCUT2D eigenvalue weighted by Gasteiger charge is -2.28. The summed E-state index contributed by atoms with van der Waals surface area (Å²) >= 11 is 0. The van der Waals surface area contributed by atoms with Crippen LogP contribution in [0.4, 0.5) is 24.7 Å². The van der Waals surface area contributed by atoms with E-state index < -0.39 is 17.5 Å². The minimum Gasteiger partial charge on any atom is -0.378 e. The molecule has 2 heterocycles. The van der Waals surface area contributed by atoms with Crippen LogP contribution in [0.25, 0.3) is 0 Å². The van der Waals surface area contributed by atoms with E-state index in [-0.39, 0.29) is 24.0 Å². The summed E-state index contributed by atoms with van der Waals surface area (Å²) in [5, 5.41) is 2.48. The van der Waals surface area contributed by atoms with Crippen LogP contribution in [0.15, 0.2) is 35.5 Å². The molecule has 0 saturated carbocycles. The van der Waals surface area contributed by atoms with Gasteiger partial charge in [0.2, 0.25) is 0 Å². The van der Waals surface area contributed by atoms with E-state index in [1.54, 1.807) is 0 Å². The van der Waals surface area contributed by atoms with Crippen molar-refractivity contribution in [2.24, 2.45) is 10.7 Å². The van der Waals surface area contributed by atoms with Crippen LogP contribution in [-0.2, 0) is 11.3 Å². The third kappa shape index (κ3) is 4.42. The third-order valence-corrected chi connectivity index (χ3v) is 3.81. The van der Waals surface area contributed by atoms with Gasteiger partial charge in [-0.15, -0.1) is 0 Å². The van der Waals surface area contributed by atoms with E-state index in [9.17, 15) is 13.2 Å². The summed E-state index contributed by atoms with van der Waals surface area (Å²) in [5.74, 6) is -1.57. The minimum absolute atomic E-state index is 0.0447. The normalized spacial score (nSPS) is 15.2. The fourth-order valence-electron chi connectivity index (χ4n) is 2.51. The first-order valence-electron chi connectivity index (χ1n) is 8.02. The van der Waals surface area contributed by atoms with Crippen molar-refractivity contribution in [3.63, 3.8) is 0 Å². The highest BCUT2D eigenvalue weighted by molar-refractivity contribution is 5.92. The third-order valence-electron chi connectivity index (χ3n) is 3.81. The number of nitrogens with two attached hydrogens (primary N) is 1. The Hall–Kier alpha value is -2.81. The Bertz CT molecular complexity index is 809. The fraction of sp³-hybridized carbons (Fsp3) is 0.294. The molecule has 0 bridgehead atoms. The first kappa shape index (κ1) is 18.0. The zero-order valence-electron chi connectivity index (χ0n) is 13.9. The van der Waals surface area contributed by atoms with Crippen molar-refractivity contribution in [1.82, 2.24) is 4.98 Å². The second-order valence-electron chi connectivity index (χ2n) is 5.70. The summed E-state index contributed by atoms with van der Waals surface area (Å²) in [6, 6.07) is 4.28. The summed E-state index contributed by atoms with van der Waals surface area (Å²) in [5.41, 5.74) is 6.05. The van der Waals surface area contributed by atoms with Crippen LogP contribution in [0.5, 0.6) is 0 Å². The molecule has 0 radical (unpaired) electrons. The number of hydrogen-bond donors (Lipinski definition) is 2. The van der Waals surface area contributed by atoms with Crippen LogP contribution in [0.3, 0.4) is 0 Å². The number of pyridine rings is 1. The average Bonchev–Trinajstić information content (AvgIpc) is 2.64. The quantitative estimate of drug-likeness (QED) is 0.642. The highest BCUT2D eigenvalue weighted by Crippen LogP contribution is 2.19. The highest BCUT2D eigenvalue weighted by atomic mass is 19.1. The lowest BCUT2D eigenvalue weighted by molar-refractivity contribution is 0.122. The number of ether oxygens (including phenoxy) is 1. The molecule has 3 N–H and O–H groups in total. The van der Waals surface area contributed by atoms with Gasteiger partial charge in [-0.2, -0.15) is 0 Å². The van der Waals surface area contributed by atoms with Gasteiger partial charge in [-0.25, -0.2) is 23.1 Å². The molecule has 1 saturated heterocycles. The molecule has 1 aliphatic heterocycles. The monoisotopic (exact) mass is 365 g/mol. The number of aromatic nitrogens is 1. The van der Waals surface area contributed by atoms with E-state index in [0.29, 0.717) is 31.9 Å². The number of halogens is 3. The number of nitrogens with one attached hydrogen (secondary N) is 1. The zero-order chi connectivity index (χ0) is 18.5. The molecule has 1 aromatic heterocycles. The lowest BCUT2D eigenvalue weighted by atomic mass is 10.2.